The maximum atomic E-state index is 11.8. The Kier molecular flexibility index (Phi) is 4.39. The van der Waals surface area contributed by atoms with Crippen molar-refractivity contribution in [1.82, 2.24) is 9.80 Å². The van der Waals surface area contributed by atoms with E-state index in [1.165, 1.54) is 24.0 Å². The van der Waals surface area contributed by atoms with E-state index >= 15 is 0 Å². The predicted octanol–water partition coefficient (Wildman–Crippen LogP) is 2.45. The number of carbonyl (C=O) groups is 1. The molecule has 22 heavy (non-hydrogen) atoms. The molecule has 0 unspecified atom stereocenters. The van der Waals surface area contributed by atoms with Crippen LogP contribution < -0.4 is 4.74 Å². The monoisotopic (exact) mass is 302 g/mol. The highest BCUT2D eigenvalue weighted by molar-refractivity contribution is 5.73. The summed E-state index contributed by atoms with van der Waals surface area (Å²) in [6, 6.07) is 6.91. The lowest BCUT2D eigenvalue weighted by Gasteiger charge is -2.36. The number of hydrogen-bond donors (Lipinski definition) is 0. The minimum Gasteiger partial charge on any atom is -0.496 e. The van der Waals surface area contributed by atoms with Crippen LogP contribution in [0.2, 0.25) is 0 Å². The molecule has 1 aromatic carbocycles. The summed E-state index contributed by atoms with van der Waals surface area (Å²) in [6.07, 6.45) is 2.44. The number of amides is 1. The van der Waals surface area contributed by atoms with Crippen LogP contribution >= 0.6 is 0 Å². The molecule has 3 fully saturated rings. The van der Waals surface area contributed by atoms with Crippen molar-refractivity contribution >= 4 is 5.91 Å². The van der Waals surface area contributed by atoms with Crippen molar-refractivity contribution in [2.45, 2.75) is 39.3 Å². The lowest BCUT2D eigenvalue weighted by molar-refractivity contribution is -0.129. The molecular weight excluding hydrogens is 276 g/mol. The number of benzene rings is 1. The highest BCUT2D eigenvalue weighted by atomic mass is 16.5. The molecule has 0 spiro atoms. The highest BCUT2D eigenvalue weighted by Crippen LogP contribution is 2.31. The van der Waals surface area contributed by atoms with Crippen LogP contribution in [-0.4, -0.2) is 48.5 Å². The van der Waals surface area contributed by atoms with Crippen molar-refractivity contribution < 1.29 is 9.53 Å². The Labute approximate surface area is 133 Å². The van der Waals surface area contributed by atoms with Crippen LogP contribution in [-0.2, 0) is 11.3 Å². The first-order valence-electron chi connectivity index (χ1n) is 8.20. The van der Waals surface area contributed by atoms with Crippen LogP contribution in [0.1, 0.15) is 30.9 Å². The average Bonchev–Trinajstić information content (AvgIpc) is 2.81. The van der Waals surface area contributed by atoms with Gasteiger partial charge < -0.3 is 9.64 Å². The van der Waals surface area contributed by atoms with Gasteiger partial charge in [-0.25, -0.2) is 0 Å². The van der Waals surface area contributed by atoms with Crippen LogP contribution in [0.4, 0.5) is 0 Å². The molecule has 2 atom stereocenters. The van der Waals surface area contributed by atoms with Crippen molar-refractivity contribution in [2.75, 3.05) is 26.7 Å². The molecule has 3 heterocycles. The van der Waals surface area contributed by atoms with Crippen LogP contribution in [0, 0.1) is 12.8 Å². The van der Waals surface area contributed by atoms with Crippen molar-refractivity contribution in [3.63, 3.8) is 0 Å². The van der Waals surface area contributed by atoms with E-state index in [1.54, 1.807) is 14.0 Å². The summed E-state index contributed by atoms with van der Waals surface area (Å²) in [5.41, 5.74) is 2.47. The van der Waals surface area contributed by atoms with E-state index in [1.807, 2.05) is 4.90 Å². The maximum absolute atomic E-state index is 11.8. The maximum Gasteiger partial charge on any atom is 0.219 e. The summed E-state index contributed by atoms with van der Waals surface area (Å²) in [4.78, 5) is 16.3. The van der Waals surface area contributed by atoms with Gasteiger partial charge in [-0.3, -0.25) is 9.69 Å². The molecule has 0 aliphatic carbocycles. The van der Waals surface area contributed by atoms with Gasteiger partial charge in [0.25, 0.3) is 0 Å². The fraction of sp³-hybridized carbons (Fsp3) is 0.611. The third kappa shape index (κ3) is 3.12. The van der Waals surface area contributed by atoms with Gasteiger partial charge >= 0.3 is 0 Å². The highest BCUT2D eigenvalue weighted by Gasteiger charge is 2.35. The van der Waals surface area contributed by atoms with Gasteiger partial charge in [0.2, 0.25) is 5.91 Å². The number of ether oxygens (including phenoxy) is 1. The van der Waals surface area contributed by atoms with Crippen LogP contribution in [0.5, 0.6) is 5.75 Å². The van der Waals surface area contributed by atoms with Crippen LogP contribution in [0.25, 0.3) is 0 Å². The van der Waals surface area contributed by atoms with Crippen LogP contribution in [0.15, 0.2) is 18.2 Å². The first-order valence-corrected chi connectivity index (χ1v) is 8.20. The fourth-order valence-electron chi connectivity index (χ4n) is 3.83. The summed E-state index contributed by atoms with van der Waals surface area (Å²) >= 11 is 0. The molecule has 3 aliphatic rings. The first-order chi connectivity index (χ1) is 10.6. The Morgan fingerprint density at radius 3 is 2.82 bits per heavy atom. The van der Waals surface area contributed by atoms with E-state index in [4.69, 9.17) is 4.74 Å². The summed E-state index contributed by atoms with van der Waals surface area (Å²) < 4.78 is 5.55. The van der Waals surface area contributed by atoms with E-state index < -0.39 is 0 Å². The quantitative estimate of drug-likeness (QED) is 0.860. The van der Waals surface area contributed by atoms with E-state index in [2.05, 4.69) is 30.0 Å². The molecule has 1 aromatic rings. The van der Waals surface area contributed by atoms with Gasteiger partial charge in [0, 0.05) is 44.7 Å². The van der Waals surface area contributed by atoms with E-state index in [9.17, 15) is 4.79 Å². The molecule has 4 heteroatoms. The van der Waals surface area contributed by atoms with Gasteiger partial charge in [0.1, 0.15) is 5.75 Å². The molecule has 4 rings (SSSR count). The number of aryl methyl sites for hydroxylation is 1. The molecule has 0 radical (unpaired) electrons. The van der Waals surface area contributed by atoms with E-state index in [-0.39, 0.29) is 5.91 Å². The molecule has 0 N–H and O–H groups in total. The molecule has 2 bridgehead atoms. The second-order valence-corrected chi connectivity index (χ2v) is 6.77. The van der Waals surface area contributed by atoms with Gasteiger partial charge in [0.15, 0.2) is 0 Å². The minimum atomic E-state index is 0.215. The van der Waals surface area contributed by atoms with Crippen LogP contribution in [0.3, 0.4) is 0 Å². The van der Waals surface area contributed by atoms with E-state index in [0.717, 1.165) is 31.9 Å². The summed E-state index contributed by atoms with van der Waals surface area (Å²) in [6.45, 7) is 7.58. The number of hydrogen-bond acceptors (Lipinski definition) is 3. The average molecular weight is 302 g/mol. The second-order valence-electron chi connectivity index (χ2n) is 6.77. The Morgan fingerprint density at radius 2 is 2.09 bits per heavy atom. The zero-order valence-electron chi connectivity index (χ0n) is 13.8. The summed E-state index contributed by atoms with van der Waals surface area (Å²) in [7, 11) is 1.74. The van der Waals surface area contributed by atoms with Gasteiger partial charge in [-0.15, -0.1) is 0 Å². The Hall–Kier alpha value is -1.55. The smallest absolute Gasteiger partial charge is 0.219 e. The molecule has 0 saturated carbocycles. The van der Waals surface area contributed by atoms with Crippen molar-refractivity contribution in [1.29, 1.82) is 0 Å². The van der Waals surface area contributed by atoms with Crippen molar-refractivity contribution in [3.8, 4) is 5.75 Å². The molecule has 4 nitrogen and oxygen atoms in total. The third-order valence-electron chi connectivity index (χ3n) is 5.09. The van der Waals surface area contributed by atoms with Gasteiger partial charge in [-0.1, -0.05) is 12.1 Å². The van der Waals surface area contributed by atoms with E-state index in [0.29, 0.717) is 12.0 Å². The number of rotatable bonds is 3. The lowest BCUT2D eigenvalue weighted by atomic mass is 9.94. The molecular formula is C18H26N2O2. The largest absolute Gasteiger partial charge is 0.496 e. The number of nitrogens with zero attached hydrogens (tertiary/aromatic N) is 2. The lowest BCUT2D eigenvalue weighted by Crippen LogP contribution is -2.43. The normalized spacial score (nSPS) is 25.1. The predicted molar refractivity (Wildman–Crippen MR) is 86.9 cm³/mol. The number of fused-ring (bicyclic) bond motifs is 4. The van der Waals surface area contributed by atoms with Crippen molar-refractivity contribution in [3.05, 3.63) is 29.3 Å². The van der Waals surface area contributed by atoms with Gasteiger partial charge in [0.05, 0.1) is 7.11 Å². The number of piperidine rings is 1. The zero-order chi connectivity index (χ0) is 15.7. The van der Waals surface area contributed by atoms with Crippen molar-refractivity contribution in [2.24, 2.45) is 5.92 Å². The molecule has 1 amide bonds. The molecule has 0 aromatic heterocycles. The third-order valence-corrected chi connectivity index (χ3v) is 5.09. The minimum absolute atomic E-state index is 0.215. The molecule has 3 aliphatic heterocycles. The number of methoxy groups -OCH3 is 1. The van der Waals surface area contributed by atoms with Gasteiger partial charge in [-0.2, -0.15) is 0 Å². The number of carbonyl (C=O) groups excluding carboxylic acids is 1. The summed E-state index contributed by atoms with van der Waals surface area (Å²) in [5.74, 6) is 1.80. The topological polar surface area (TPSA) is 32.8 Å². The standard InChI is InChI=1S/C18H26N2O2/c1-13-4-6-16(18(8-13)22-3)11-20-10-15-5-7-17(20)12-19(9-15)14(2)21/h4,6,8,15,17H,5,7,9-12H2,1-3H3/t15-,17+/m1/s1. The Bertz CT molecular complexity index is 558. The fourth-order valence-corrected chi connectivity index (χ4v) is 3.83. The van der Waals surface area contributed by atoms with Gasteiger partial charge in [-0.05, 0) is 37.3 Å². The Morgan fingerprint density at radius 1 is 1.27 bits per heavy atom. The summed E-state index contributed by atoms with van der Waals surface area (Å²) in [5, 5.41) is 0. The second kappa shape index (κ2) is 6.29. The first kappa shape index (κ1) is 15.3. The zero-order valence-corrected chi connectivity index (χ0v) is 13.8. The molecule has 120 valence electrons. The Balaban J connectivity index is 1.77. The molecule has 3 saturated heterocycles. The SMILES string of the molecule is COc1cc(C)ccc1CN1C[C@@H]2CC[C@H]1CN(C(C)=O)C2.